The average Bonchev–Trinajstić information content (AvgIpc) is 2.42. The third kappa shape index (κ3) is 4.46. The molecule has 0 bridgehead atoms. The maximum absolute atomic E-state index is 12.4. The lowest BCUT2D eigenvalue weighted by Crippen LogP contribution is -2.43. The molecule has 0 aliphatic carbocycles. The molecule has 1 unspecified atom stereocenters. The first-order valence-corrected chi connectivity index (χ1v) is 7.44. The van der Waals surface area contributed by atoms with Crippen molar-refractivity contribution in [2.75, 3.05) is 6.54 Å². The summed E-state index contributed by atoms with van der Waals surface area (Å²) in [5.41, 5.74) is -0.0836. The molecule has 0 spiro atoms. The minimum atomic E-state index is -0.882. The topological polar surface area (TPSA) is 66.4 Å². The Hall–Kier alpha value is -1.55. The Morgan fingerprint density at radius 3 is 2.48 bits per heavy atom. The van der Waals surface area contributed by atoms with Gasteiger partial charge in [-0.05, 0) is 31.9 Å². The van der Waals surface area contributed by atoms with Gasteiger partial charge in [-0.15, -0.1) is 0 Å². The van der Waals surface area contributed by atoms with E-state index in [-0.39, 0.29) is 12.5 Å². The van der Waals surface area contributed by atoms with Gasteiger partial charge in [0, 0.05) is 11.6 Å². The molecule has 0 aromatic heterocycles. The van der Waals surface area contributed by atoms with Crippen LogP contribution in [0.2, 0.25) is 5.02 Å². The lowest BCUT2D eigenvalue weighted by Gasteiger charge is -2.26. The summed E-state index contributed by atoms with van der Waals surface area (Å²) < 4.78 is 0. The van der Waals surface area contributed by atoms with Gasteiger partial charge in [-0.2, -0.15) is 0 Å². The molecule has 0 aliphatic rings. The molecule has 0 radical (unpaired) electrons. The van der Waals surface area contributed by atoms with Crippen LogP contribution in [0.25, 0.3) is 0 Å². The van der Waals surface area contributed by atoms with Gasteiger partial charge in [-0.3, -0.25) is 9.59 Å². The molecule has 4 nitrogen and oxygen atoms in total. The number of rotatable bonds is 7. The summed E-state index contributed by atoms with van der Waals surface area (Å²) in [6.07, 6.45) is 1.31. The quantitative estimate of drug-likeness (QED) is 0.812. The number of carbonyl (C=O) groups excluding carboxylic acids is 1. The van der Waals surface area contributed by atoms with E-state index in [1.807, 2.05) is 25.1 Å². The van der Waals surface area contributed by atoms with Crippen molar-refractivity contribution in [3.63, 3.8) is 0 Å². The second-order valence-electron chi connectivity index (χ2n) is 5.64. The van der Waals surface area contributed by atoms with Crippen LogP contribution in [-0.4, -0.2) is 23.5 Å². The molecule has 0 fully saturated rings. The Morgan fingerprint density at radius 2 is 1.95 bits per heavy atom. The van der Waals surface area contributed by atoms with Crippen LogP contribution in [0, 0.1) is 5.92 Å². The number of aliphatic carboxylic acids is 1. The van der Waals surface area contributed by atoms with E-state index in [0.717, 1.165) is 12.0 Å². The third-order valence-corrected chi connectivity index (χ3v) is 3.94. The number of benzene rings is 1. The molecule has 1 aromatic carbocycles. The molecule has 0 saturated heterocycles. The van der Waals surface area contributed by atoms with Crippen LogP contribution in [0.1, 0.15) is 39.2 Å². The van der Waals surface area contributed by atoms with Crippen molar-refractivity contribution < 1.29 is 14.7 Å². The van der Waals surface area contributed by atoms with E-state index in [1.54, 1.807) is 19.9 Å². The normalized spacial score (nSPS) is 12.8. The first-order chi connectivity index (χ1) is 9.80. The molecule has 1 rings (SSSR count). The lowest BCUT2D eigenvalue weighted by molar-refractivity contribution is -0.142. The first-order valence-electron chi connectivity index (χ1n) is 7.06. The number of hydrogen-bond donors (Lipinski definition) is 2. The summed E-state index contributed by atoms with van der Waals surface area (Å²) in [6, 6.07) is 7.18. The van der Waals surface area contributed by atoms with Gasteiger partial charge in [0.15, 0.2) is 0 Å². The van der Waals surface area contributed by atoms with Crippen LogP contribution in [0.3, 0.4) is 0 Å². The molecule has 116 valence electrons. The predicted molar refractivity (Wildman–Crippen MR) is 83.5 cm³/mol. The molecule has 0 saturated carbocycles. The molecule has 2 N–H and O–H groups in total. The fourth-order valence-corrected chi connectivity index (χ4v) is 2.56. The standard InChI is InChI=1S/C16H22ClNO3/c1-4-7-11(14(19)20)10-18-15(21)16(2,3)12-8-5-6-9-13(12)17/h5-6,8-9,11H,4,7,10H2,1-3H3,(H,18,21)(H,19,20). The highest BCUT2D eigenvalue weighted by Gasteiger charge is 2.32. The zero-order valence-corrected chi connectivity index (χ0v) is 13.4. The van der Waals surface area contributed by atoms with Crippen molar-refractivity contribution in [1.29, 1.82) is 0 Å². The minimum Gasteiger partial charge on any atom is -0.481 e. The summed E-state index contributed by atoms with van der Waals surface area (Å²) >= 11 is 6.14. The van der Waals surface area contributed by atoms with E-state index >= 15 is 0 Å². The van der Waals surface area contributed by atoms with Gasteiger partial charge in [-0.25, -0.2) is 0 Å². The largest absolute Gasteiger partial charge is 0.481 e. The number of halogens is 1. The monoisotopic (exact) mass is 311 g/mol. The summed E-state index contributed by atoms with van der Waals surface area (Å²) in [5, 5.41) is 12.4. The maximum Gasteiger partial charge on any atom is 0.308 e. The molecular formula is C16H22ClNO3. The van der Waals surface area contributed by atoms with Crippen LogP contribution < -0.4 is 5.32 Å². The number of nitrogens with one attached hydrogen (secondary N) is 1. The molecule has 1 amide bonds. The van der Waals surface area contributed by atoms with Gasteiger partial charge in [0.1, 0.15) is 0 Å². The van der Waals surface area contributed by atoms with Gasteiger partial charge < -0.3 is 10.4 Å². The maximum atomic E-state index is 12.4. The molecule has 1 atom stereocenters. The van der Waals surface area contributed by atoms with Crippen LogP contribution >= 0.6 is 11.6 Å². The highest BCUT2D eigenvalue weighted by Crippen LogP contribution is 2.29. The van der Waals surface area contributed by atoms with Crippen LogP contribution in [-0.2, 0) is 15.0 Å². The third-order valence-electron chi connectivity index (χ3n) is 3.61. The molecule has 5 heteroatoms. The number of carbonyl (C=O) groups is 2. The van der Waals surface area contributed by atoms with E-state index in [2.05, 4.69) is 5.32 Å². The van der Waals surface area contributed by atoms with Crippen molar-refractivity contribution in [2.24, 2.45) is 5.92 Å². The van der Waals surface area contributed by atoms with Crippen molar-refractivity contribution in [1.82, 2.24) is 5.32 Å². The Balaban J connectivity index is 2.78. The number of carboxylic acids is 1. The Kier molecular flexibility index (Phi) is 6.21. The van der Waals surface area contributed by atoms with Gasteiger partial charge in [0.2, 0.25) is 5.91 Å². The van der Waals surface area contributed by atoms with Crippen molar-refractivity contribution in [3.05, 3.63) is 34.9 Å². The van der Waals surface area contributed by atoms with Crippen LogP contribution in [0.4, 0.5) is 0 Å². The molecule has 21 heavy (non-hydrogen) atoms. The molecular weight excluding hydrogens is 290 g/mol. The summed E-state index contributed by atoms with van der Waals surface area (Å²) in [7, 11) is 0. The average molecular weight is 312 g/mol. The van der Waals surface area contributed by atoms with Crippen molar-refractivity contribution in [3.8, 4) is 0 Å². The molecule has 1 aromatic rings. The van der Waals surface area contributed by atoms with Gasteiger partial charge in [0.25, 0.3) is 0 Å². The second kappa shape index (κ2) is 7.46. The van der Waals surface area contributed by atoms with Gasteiger partial charge in [0.05, 0.1) is 11.3 Å². The van der Waals surface area contributed by atoms with Gasteiger partial charge >= 0.3 is 5.97 Å². The first kappa shape index (κ1) is 17.5. The van der Waals surface area contributed by atoms with E-state index in [0.29, 0.717) is 11.4 Å². The zero-order valence-electron chi connectivity index (χ0n) is 12.6. The Labute approximate surface area is 130 Å². The SMILES string of the molecule is CCCC(CNC(=O)C(C)(C)c1ccccc1Cl)C(=O)O. The Morgan fingerprint density at radius 1 is 1.33 bits per heavy atom. The predicted octanol–water partition coefficient (Wildman–Crippen LogP) is 3.23. The van der Waals surface area contributed by atoms with Crippen LogP contribution in [0.15, 0.2) is 24.3 Å². The van der Waals surface area contributed by atoms with E-state index < -0.39 is 17.3 Å². The second-order valence-corrected chi connectivity index (χ2v) is 6.05. The minimum absolute atomic E-state index is 0.135. The molecule has 0 heterocycles. The highest BCUT2D eigenvalue weighted by molar-refractivity contribution is 6.31. The summed E-state index contributed by atoms with van der Waals surface area (Å²) in [4.78, 5) is 23.5. The highest BCUT2D eigenvalue weighted by atomic mass is 35.5. The number of hydrogen-bond acceptors (Lipinski definition) is 2. The van der Waals surface area contributed by atoms with Crippen molar-refractivity contribution in [2.45, 2.75) is 39.0 Å². The Bertz CT molecular complexity index is 514. The van der Waals surface area contributed by atoms with E-state index in [9.17, 15) is 9.59 Å². The fraction of sp³-hybridized carbons (Fsp3) is 0.500. The summed E-state index contributed by atoms with van der Waals surface area (Å²) in [6.45, 7) is 5.61. The van der Waals surface area contributed by atoms with E-state index in [4.69, 9.17) is 16.7 Å². The zero-order chi connectivity index (χ0) is 16.0. The van der Waals surface area contributed by atoms with Crippen molar-refractivity contribution >= 4 is 23.5 Å². The number of carboxylic acid groups (broad SMARTS) is 1. The smallest absolute Gasteiger partial charge is 0.308 e. The van der Waals surface area contributed by atoms with Gasteiger partial charge in [-0.1, -0.05) is 43.1 Å². The van der Waals surface area contributed by atoms with Crippen LogP contribution in [0.5, 0.6) is 0 Å². The number of amides is 1. The fourth-order valence-electron chi connectivity index (χ4n) is 2.19. The van der Waals surface area contributed by atoms with E-state index in [1.165, 1.54) is 0 Å². The lowest BCUT2D eigenvalue weighted by atomic mass is 9.83. The molecule has 0 aliphatic heterocycles. The summed E-state index contributed by atoms with van der Waals surface area (Å²) in [5.74, 6) is -1.66.